The molecule has 1 amide bonds. The number of carbonyl (C=O) groups is 1. The molecule has 2 N–H and O–H groups in total. The minimum absolute atomic E-state index is 0. The van der Waals surface area contributed by atoms with E-state index in [1.807, 2.05) is 0 Å². The van der Waals surface area contributed by atoms with Crippen molar-refractivity contribution in [2.45, 2.75) is 32.0 Å². The van der Waals surface area contributed by atoms with Gasteiger partial charge >= 0.3 is 6.18 Å². The summed E-state index contributed by atoms with van der Waals surface area (Å²) >= 11 is 0. The molecule has 2 heterocycles. The van der Waals surface area contributed by atoms with Gasteiger partial charge in [0.1, 0.15) is 0 Å². The van der Waals surface area contributed by atoms with Crippen molar-refractivity contribution in [2.75, 3.05) is 13.1 Å². The van der Waals surface area contributed by atoms with E-state index in [-0.39, 0.29) is 36.4 Å². The Hall–Kier alpha value is -2.39. The smallest absolute Gasteiger partial charge is 0.333 e. The summed E-state index contributed by atoms with van der Waals surface area (Å²) in [7, 11) is 0. The normalized spacial score (nSPS) is 16.8. The molecule has 6 nitrogen and oxygen atoms in total. The zero-order valence-electron chi connectivity index (χ0n) is 15.1. The zero-order valence-corrected chi connectivity index (χ0v) is 15.9. The second-order valence-electron chi connectivity index (χ2n) is 6.49. The molecule has 1 aliphatic rings. The lowest BCUT2D eigenvalue weighted by Gasteiger charge is -2.23. The van der Waals surface area contributed by atoms with Crippen molar-refractivity contribution in [3.8, 4) is 5.69 Å². The highest BCUT2D eigenvalue weighted by Crippen LogP contribution is 2.30. The van der Waals surface area contributed by atoms with Gasteiger partial charge in [0, 0.05) is 30.9 Å². The van der Waals surface area contributed by atoms with Crippen molar-refractivity contribution < 1.29 is 18.0 Å². The first-order chi connectivity index (χ1) is 12.7. The van der Waals surface area contributed by atoms with E-state index < -0.39 is 23.1 Å². The number of amides is 1. The first-order valence-corrected chi connectivity index (χ1v) is 8.52. The van der Waals surface area contributed by atoms with E-state index in [0.29, 0.717) is 12.2 Å². The van der Waals surface area contributed by atoms with Crippen LogP contribution in [0.3, 0.4) is 0 Å². The number of likely N-dealkylation sites (tertiary alicyclic amines) is 1. The third kappa shape index (κ3) is 4.20. The standard InChI is InChI=1S/C18H19F3N4O2.ClH/c1-11-8-15(26)16(17(27)24-7-3-6-14(24)10-22)23-25(11)13-5-2-4-12(9-13)18(19,20)21;/h2,4-5,8-9,14H,3,6-7,10,22H2,1H3;1H. The van der Waals surface area contributed by atoms with Crippen LogP contribution in [-0.2, 0) is 6.18 Å². The van der Waals surface area contributed by atoms with Gasteiger partial charge in [-0.25, -0.2) is 4.68 Å². The van der Waals surface area contributed by atoms with Crippen LogP contribution in [0.25, 0.3) is 5.69 Å². The average Bonchev–Trinajstić information content (AvgIpc) is 3.09. The Morgan fingerprint density at radius 1 is 1.32 bits per heavy atom. The van der Waals surface area contributed by atoms with Crippen molar-refractivity contribution in [2.24, 2.45) is 5.73 Å². The second-order valence-corrected chi connectivity index (χ2v) is 6.49. The van der Waals surface area contributed by atoms with Gasteiger partial charge < -0.3 is 10.6 Å². The number of nitrogens with two attached hydrogens (primary N) is 1. The summed E-state index contributed by atoms with van der Waals surface area (Å²) in [6.07, 6.45) is -2.98. The van der Waals surface area contributed by atoms with Gasteiger partial charge in [-0.1, -0.05) is 6.07 Å². The molecule has 1 aromatic carbocycles. The summed E-state index contributed by atoms with van der Waals surface area (Å²) < 4.78 is 40.1. The largest absolute Gasteiger partial charge is 0.416 e. The quantitative estimate of drug-likeness (QED) is 0.833. The Morgan fingerprint density at radius 2 is 2.04 bits per heavy atom. The van der Waals surface area contributed by atoms with Gasteiger partial charge in [-0.3, -0.25) is 9.59 Å². The molecule has 0 radical (unpaired) electrons. The molecule has 3 rings (SSSR count). The molecule has 28 heavy (non-hydrogen) atoms. The Labute approximate surface area is 165 Å². The van der Waals surface area contributed by atoms with Crippen LogP contribution in [0.15, 0.2) is 35.1 Å². The van der Waals surface area contributed by atoms with E-state index >= 15 is 0 Å². The number of halogens is 4. The molecule has 0 spiro atoms. The topological polar surface area (TPSA) is 81.2 Å². The number of hydrogen-bond acceptors (Lipinski definition) is 4. The number of aromatic nitrogens is 2. The van der Waals surface area contributed by atoms with Crippen LogP contribution in [-0.4, -0.2) is 39.7 Å². The molecule has 1 atom stereocenters. The highest BCUT2D eigenvalue weighted by Gasteiger charge is 2.32. The Morgan fingerprint density at radius 3 is 2.68 bits per heavy atom. The molecule has 1 aliphatic heterocycles. The fraction of sp³-hybridized carbons (Fsp3) is 0.389. The van der Waals surface area contributed by atoms with Crippen LogP contribution >= 0.6 is 12.4 Å². The lowest BCUT2D eigenvalue weighted by atomic mass is 10.2. The Kier molecular flexibility index (Phi) is 6.51. The van der Waals surface area contributed by atoms with Crippen LogP contribution in [0, 0.1) is 6.92 Å². The van der Waals surface area contributed by atoms with Crippen LogP contribution in [0.1, 0.15) is 34.6 Å². The maximum atomic E-state index is 13.0. The minimum atomic E-state index is -4.51. The summed E-state index contributed by atoms with van der Waals surface area (Å²) in [6.45, 7) is 2.29. The number of aryl methyl sites for hydroxylation is 1. The predicted octanol–water partition coefficient (Wildman–Crippen LogP) is 2.54. The first-order valence-electron chi connectivity index (χ1n) is 8.52. The van der Waals surface area contributed by atoms with E-state index in [0.717, 1.165) is 25.0 Å². The van der Waals surface area contributed by atoms with Crippen molar-refractivity contribution >= 4 is 18.3 Å². The maximum Gasteiger partial charge on any atom is 0.416 e. The van der Waals surface area contributed by atoms with Crippen molar-refractivity contribution in [1.29, 1.82) is 0 Å². The number of alkyl halides is 3. The Balaban J connectivity index is 0.00000280. The average molecular weight is 417 g/mol. The number of rotatable bonds is 3. The van der Waals surface area contributed by atoms with Gasteiger partial charge in [0.2, 0.25) is 5.43 Å². The number of carbonyl (C=O) groups excluding carboxylic acids is 1. The highest BCUT2D eigenvalue weighted by molar-refractivity contribution is 5.92. The molecule has 0 bridgehead atoms. The van der Waals surface area contributed by atoms with E-state index in [1.54, 1.807) is 6.92 Å². The van der Waals surface area contributed by atoms with Gasteiger partial charge in [0.05, 0.1) is 11.3 Å². The monoisotopic (exact) mass is 416 g/mol. The second kappa shape index (κ2) is 8.32. The van der Waals surface area contributed by atoms with Crippen LogP contribution in [0.4, 0.5) is 13.2 Å². The summed E-state index contributed by atoms with van der Waals surface area (Å²) in [6, 6.07) is 5.60. The molecular weight excluding hydrogens is 397 g/mol. The molecule has 1 unspecified atom stereocenters. The van der Waals surface area contributed by atoms with E-state index in [9.17, 15) is 22.8 Å². The Bertz CT molecular complexity index is 930. The van der Waals surface area contributed by atoms with Gasteiger partial charge in [-0.05, 0) is 38.0 Å². The van der Waals surface area contributed by atoms with Crippen LogP contribution in [0.2, 0.25) is 0 Å². The fourth-order valence-corrected chi connectivity index (χ4v) is 3.26. The minimum Gasteiger partial charge on any atom is -0.333 e. The predicted molar refractivity (Wildman–Crippen MR) is 99.9 cm³/mol. The first kappa shape index (κ1) is 21.9. The molecule has 0 aliphatic carbocycles. The van der Waals surface area contributed by atoms with Crippen LogP contribution < -0.4 is 11.2 Å². The molecule has 1 aromatic heterocycles. The fourth-order valence-electron chi connectivity index (χ4n) is 3.26. The van der Waals surface area contributed by atoms with E-state index in [1.165, 1.54) is 27.8 Å². The van der Waals surface area contributed by atoms with Crippen LogP contribution in [0.5, 0.6) is 0 Å². The number of hydrogen-bond donors (Lipinski definition) is 1. The molecular formula is C18H20ClF3N4O2. The maximum absolute atomic E-state index is 13.0. The molecule has 10 heteroatoms. The van der Waals surface area contributed by atoms with Crippen molar-refractivity contribution in [3.05, 3.63) is 57.5 Å². The van der Waals surface area contributed by atoms with Gasteiger partial charge in [-0.2, -0.15) is 18.3 Å². The highest BCUT2D eigenvalue weighted by atomic mass is 35.5. The lowest BCUT2D eigenvalue weighted by Crippen LogP contribution is -2.42. The molecule has 1 fully saturated rings. The van der Waals surface area contributed by atoms with Gasteiger partial charge in [-0.15, -0.1) is 12.4 Å². The zero-order chi connectivity index (χ0) is 19.8. The van der Waals surface area contributed by atoms with E-state index in [2.05, 4.69) is 5.10 Å². The summed E-state index contributed by atoms with van der Waals surface area (Å²) in [5.41, 5.74) is 4.40. The molecule has 152 valence electrons. The number of nitrogens with zero attached hydrogens (tertiary/aromatic N) is 3. The summed E-state index contributed by atoms with van der Waals surface area (Å²) in [5, 5.41) is 4.08. The molecule has 0 saturated carbocycles. The third-order valence-corrected chi connectivity index (χ3v) is 4.64. The van der Waals surface area contributed by atoms with Gasteiger partial charge in [0.25, 0.3) is 5.91 Å². The van der Waals surface area contributed by atoms with Crippen molar-refractivity contribution in [1.82, 2.24) is 14.7 Å². The van der Waals surface area contributed by atoms with Crippen molar-refractivity contribution in [3.63, 3.8) is 0 Å². The molecule has 2 aromatic rings. The lowest BCUT2D eigenvalue weighted by molar-refractivity contribution is -0.137. The number of benzene rings is 1. The SMILES string of the molecule is Cc1cc(=O)c(C(=O)N2CCCC2CN)nn1-c1cccc(C(F)(F)F)c1.Cl. The van der Waals surface area contributed by atoms with E-state index in [4.69, 9.17) is 5.73 Å². The summed E-state index contributed by atoms with van der Waals surface area (Å²) in [5.74, 6) is -0.548. The third-order valence-electron chi connectivity index (χ3n) is 4.64. The summed E-state index contributed by atoms with van der Waals surface area (Å²) in [4.78, 5) is 26.6. The molecule has 1 saturated heterocycles. The van der Waals surface area contributed by atoms with Gasteiger partial charge in [0.15, 0.2) is 5.69 Å².